The van der Waals surface area contributed by atoms with Crippen LogP contribution in [0.15, 0.2) is 40.4 Å². The van der Waals surface area contributed by atoms with E-state index in [-0.39, 0.29) is 16.6 Å². The van der Waals surface area contributed by atoms with Gasteiger partial charge < -0.3 is 9.64 Å². The molecule has 1 aromatic carbocycles. The van der Waals surface area contributed by atoms with Crippen molar-refractivity contribution in [1.82, 2.24) is 9.88 Å². The summed E-state index contributed by atoms with van der Waals surface area (Å²) in [7, 11) is 0. The second kappa shape index (κ2) is 6.14. The SMILES string of the molecule is O=[N+]([O-])c1c(Oc2ccc3c(c2)C2=NCCCN2C=N3)ccnc1Cl. The average Bonchev–Trinajstić information content (AvgIpc) is 2.61. The third-order valence-electron chi connectivity index (χ3n) is 3.89. The topological polar surface area (TPSA) is 93.2 Å². The summed E-state index contributed by atoms with van der Waals surface area (Å²) in [6.45, 7) is 1.62. The van der Waals surface area contributed by atoms with Crippen LogP contribution in [0, 0.1) is 10.1 Å². The highest BCUT2D eigenvalue weighted by molar-refractivity contribution is 6.31. The Labute approximate surface area is 147 Å². The molecule has 0 atom stereocenters. The second-order valence-electron chi connectivity index (χ2n) is 5.48. The maximum absolute atomic E-state index is 11.2. The van der Waals surface area contributed by atoms with Gasteiger partial charge in [0.25, 0.3) is 0 Å². The number of nitrogens with zero attached hydrogens (tertiary/aromatic N) is 5. The number of benzene rings is 1. The Bertz CT molecular complexity index is 928. The van der Waals surface area contributed by atoms with Crippen LogP contribution < -0.4 is 4.74 Å². The summed E-state index contributed by atoms with van der Waals surface area (Å²) in [5.74, 6) is 1.31. The number of aliphatic imine (C=N–C) groups is 2. The van der Waals surface area contributed by atoms with E-state index in [4.69, 9.17) is 16.3 Å². The van der Waals surface area contributed by atoms with E-state index in [1.54, 1.807) is 24.5 Å². The first-order chi connectivity index (χ1) is 12.1. The molecule has 8 nitrogen and oxygen atoms in total. The molecule has 0 saturated heterocycles. The molecule has 0 N–H and O–H groups in total. The van der Waals surface area contributed by atoms with Crippen LogP contribution in [0.25, 0.3) is 0 Å². The number of hydrogen-bond acceptors (Lipinski definition) is 7. The molecule has 0 radical (unpaired) electrons. The summed E-state index contributed by atoms with van der Waals surface area (Å²) in [4.78, 5) is 25.3. The minimum absolute atomic E-state index is 0.0340. The van der Waals surface area contributed by atoms with Gasteiger partial charge in [-0.05, 0) is 24.6 Å². The normalized spacial score (nSPS) is 15.2. The van der Waals surface area contributed by atoms with Crippen molar-refractivity contribution in [3.05, 3.63) is 51.3 Å². The van der Waals surface area contributed by atoms with Gasteiger partial charge in [-0.15, -0.1) is 0 Å². The Balaban J connectivity index is 1.73. The Morgan fingerprint density at radius 1 is 1.32 bits per heavy atom. The van der Waals surface area contributed by atoms with Gasteiger partial charge in [0.2, 0.25) is 10.9 Å². The molecule has 0 aliphatic carbocycles. The first kappa shape index (κ1) is 15.5. The quantitative estimate of drug-likeness (QED) is 0.475. The van der Waals surface area contributed by atoms with Gasteiger partial charge in [0, 0.05) is 30.9 Å². The Kier molecular flexibility index (Phi) is 3.81. The number of halogens is 1. The second-order valence-corrected chi connectivity index (χ2v) is 5.84. The largest absolute Gasteiger partial charge is 0.450 e. The molecule has 2 aliphatic heterocycles. The summed E-state index contributed by atoms with van der Waals surface area (Å²) >= 11 is 5.82. The zero-order valence-electron chi connectivity index (χ0n) is 12.9. The average molecular weight is 358 g/mol. The van der Waals surface area contributed by atoms with E-state index in [0.717, 1.165) is 36.6 Å². The van der Waals surface area contributed by atoms with Gasteiger partial charge in [-0.3, -0.25) is 15.1 Å². The molecular weight excluding hydrogens is 346 g/mol. The van der Waals surface area contributed by atoms with E-state index in [1.807, 2.05) is 4.90 Å². The lowest BCUT2D eigenvalue weighted by molar-refractivity contribution is -0.385. The molecular formula is C16H12ClN5O3. The highest BCUT2D eigenvalue weighted by Gasteiger charge is 2.25. The summed E-state index contributed by atoms with van der Waals surface area (Å²) in [6.07, 6.45) is 4.11. The molecule has 0 spiro atoms. The highest BCUT2D eigenvalue weighted by atomic mass is 35.5. The van der Waals surface area contributed by atoms with Crippen LogP contribution in [0.3, 0.4) is 0 Å². The lowest BCUT2D eigenvalue weighted by Gasteiger charge is -2.29. The predicted octanol–water partition coefficient (Wildman–Crippen LogP) is 3.56. The molecule has 4 rings (SSSR count). The maximum atomic E-state index is 11.2. The number of amidine groups is 1. The van der Waals surface area contributed by atoms with Crippen LogP contribution in [0.1, 0.15) is 12.0 Å². The third-order valence-corrected chi connectivity index (χ3v) is 4.17. The van der Waals surface area contributed by atoms with Gasteiger partial charge >= 0.3 is 5.69 Å². The van der Waals surface area contributed by atoms with E-state index < -0.39 is 4.92 Å². The van der Waals surface area contributed by atoms with E-state index in [2.05, 4.69) is 15.0 Å². The molecule has 0 amide bonds. The fourth-order valence-electron chi connectivity index (χ4n) is 2.76. The van der Waals surface area contributed by atoms with E-state index >= 15 is 0 Å². The van der Waals surface area contributed by atoms with Crippen molar-refractivity contribution in [1.29, 1.82) is 0 Å². The van der Waals surface area contributed by atoms with Gasteiger partial charge in [-0.25, -0.2) is 9.98 Å². The van der Waals surface area contributed by atoms with E-state index in [9.17, 15) is 10.1 Å². The molecule has 126 valence electrons. The van der Waals surface area contributed by atoms with Crippen molar-refractivity contribution in [3.8, 4) is 11.5 Å². The van der Waals surface area contributed by atoms with Crippen LogP contribution in [0.4, 0.5) is 11.4 Å². The summed E-state index contributed by atoms with van der Waals surface area (Å²) in [5, 5.41) is 11.0. The molecule has 2 aromatic rings. The van der Waals surface area contributed by atoms with Crippen molar-refractivity contribution in [3.63, 3.8) is 0 Å². The van der Waals surface area contributed by atoms with Crippen LogP contribution in [-0.4, -0.2) is 40.1 Å². The van der Waals surface area contributed by atoms with Crippen molar-refractivity contribution in [2.45, 2.75) is 6.42 Å². The van der Waals surface area contributed by atoms with Gasteiger partial charge in [-0.1, -0.05) is 11.6 Å². The minimum Gasteiger partial charge on any atom is -0.450 e. The predicted molar refractivity (Wildman–Crippen MR) is 93.3 cm³/mol. The minimum atomic E-state index is -0.611. The molecule has 2 aliphatic rings. The summed E-state index contributed by atoms with van der Waals surface area (Å²) in [5.41, 5.74) is 1.26. The van der Waals surface area contributed by atoms with Gasteiger partial charge in [-0.2, -0.15) is 0 Å². The molecule has 3 heterocycles. The van der Waals surface area contributed by atoms with E-state index in [0.29, 0.717) is 5.75 Å². The Morgan fingerprint density at radius 3 is 3.04 bits per heavy atom. The number of aromatic nitrogens is 1. The van der Waals surface area contributed by atoms with Crippen molar-refractivity contribution in [2.24, 2.45) is 9.98 Å². The number of ether oxygens (including phenoxy) is 1. The highest BCUT2D eigenvalue weighted by Crippen LogP contribution is 2.37. The number of hydrogen-bond donors (Lipinski definition) is 0. The van der Waals surface area contributed by atoms with Gasteiger partial charge in [0.05, 0.1) is 16.9 Å². The Morgan fingerprint density at radius 2 is 2.20 bits per heavy atom. The van der Waals surface area contributed by atoms with Crippen LogP contribution >= 0.6 is 11.6 Å². The summed E-state index contributed by atoms with van der Waals surface area (Å²) < 4.78 is 5.71. The molecule has 0 bridgehead atoms. The molecule has 25 heavy (non-hydrogen) atoms. The standard InChI is InChI=1S/C16H12ClN5O3/c17-15-14(22(23)24)13(4-6-18-15)25-10-2-3-12-11(8-10)16-19-5-1-7-21(16)9-20-12/h2-4,6,8-9H,1,5,7H2. The number of fused-ring (bicyclic) bond motifs is 3. The zero-order valence-corrected chi connectivity index (χ0v) is 13.7. The third kappa shape index (κ3) is 2.80. The molecule has 0 saturated carbocycles. The number of rotatable bonds is 3. The van der Waals surface area contributed by atoms with Crippen molar-refractivity contribution in [2.75, 3.05) is 13.1 Å². The summed E-state index contributed by atoms with van der Waals surface area (Å²) in [6, 6.07) is 6.69. The molecule has 1 aromatic heterocycles. The zero-order chi connectivity index (χ0) is 17.4. The number of nitro groups is 1. The molecule has 0 fully saturated rings. The molecule has 0 unspecified atom stereocenters. The van der Waals surface area contributed by atoms with E-state index in [1.165, 1.54) is 12.3 Å². The first-order valence-electron chi connectivity index (χ1n) is 7.60. The molecule has 9 heteroatoms. The fourth-order valence-corrected chi connectivity index (χ4v) is 2.98. The monoisotopic (exact) mass is 357 g/mol. The first-order valence-corrected chi connectivity index (χ1v) is 7.98. The van der Waals surface area contributed by atoms with Crippen molar-refractivity contribution >= 4 is 35.1 Å². The van der Waals surface area contributed by atoms with Crippen LogP contribution in [-0.2, 0) is 0 Å². The smallest absolute Gasteiger partial charge is 0.348 e. The maximum Gasteiger partial charge on any atom is 0.348 e. The number of pyridine rings is 1. The van der Waals surface area contributed by atoms with Crippen LogP contribution in [0.2, 0.25) is 5.15 Å². The lowest BCUT2D eigenvalue weighted by Crippen LogP contribution is -2.36. The van der Waals surface area contributed by atoms with Gasteiger partial charge in [0.1, 0.15) is 11.6 Å². The van der Waals surface area contributed by atoms with Crippen molar-refractivity contribution < 1.29 is 9.66 Å². The lowest BCUT2D eigenvalue weighted by atomic mass is 10.1. The Hall–Kier alpha value is -3.00. The van der Waals surface area contributed by atoms with Crippen LogP contribution in [0.5, 0.6) is 11.5 Å². The fraction of sp³-hybridized carbons (Fsp3) is 0.188. The van der Waals surface area contributed by atoms with Gasteiger partial charge in [0.15, 0.2) is 0 Å².